The molecule has 0 aliphatic heterocycles. The third-order valence-corrected chi connectivity index (χ3v) is 4.46. The van der Waals surface area contributed by atoms with Gasteiger partial charge in [0.15, 0.2) is 5.78 Å². The van der Waals surface area contributed by atoms with Gasteiger partial charge in [-0.15, -0.1) is 11.3 Å². The standard InChI is InChI=1S/C15H13FOS/c1-9-11(3-2-4-12(9)16)13-7-8-14(18-13)15(17)10-5-6-10/h2-4,7-8,10H,5-6H2,1H3. The first-order valence-electron chi connectivity index (χ1n) is 6.06. The largest absolute Gasteiger partial charge is 0.293 e. The van der Waals surface area contributed by atoms with Crippen molar-refractivity contribution >= 4 is 17.1 Å². The van der Waals surface area contributed by atoms with Crippen LogP contribution in [-0.2, 0) is 0 Å². The van der Waals surface area contributed by atoms with E-state index in [1.54, 1.807) is 13.0 Å². The second-order valence-corrected chi connectivity index (χ2v) is 5.80. The lowest BCUT2D eigenvalue weighted by molar-refractivity contribution is 0.0971. The molecule has 0 spiro atoms. The summed E-state index contributed by atoms with van der Waals surface area (Å²) in [6.07, 6.45) is 2.04. The minimum atomic E-state index is -0.198. The predicted molar refractivity (Wildman–Crippen MR) is 71.5 cm³/mol. The molecule has 2 aromatic rings. The Morgan fingerprint density at radius 1 is 1.28 bits per heavy atom. The molecule has 0 saturated heterocycles. The Kier molecular flexibility index (Phi) is 2.78. The van der Waals surface area contributed by atoms with Gasteiger partial charge in [0.05, 0.1) is 4.88 Å². The predicted octanol–water partition coefficient (Wildman–Crippen LogP) is 4.46. The summed E-state index contributed by atoms with van der Waals surface area (Å²) in [5, 5.41) is 0. The van der Waals surface area contributed by atoms with E-state index < -0.39 is 0 Å². The van der Waals surface area contributed by atoms with Crippen molar-refractivity contribution in [3.8, 4) is 10.4 Å². The SMILES string of the molecule is Cc1c(F)cccc1-c1ccc(C(=O)C2CC2)s1. The molecule has 0 amide bonds. The molecule has 1 heterocycles. The van der Waals surface area contributed by atoms with Crippen molar-refractivity contribution in [3.05, 3.63) is 46.6 Å². The third-order valence-electron chi connectivity index (χ3n) is 3.33. The van der Waals surface area contributed by atoms with Crippen LogP contribution in [0.3, 0.4) is 0 Å². The van der Waals surface area contributed by atoms with Crippen LogP contribution in [0, 0.1) is 18.7 Å². The Hall–Kier alpha value is -1.48. The molecule has 0 atom stereocenters. The number of benzene rings is 1. The summed E-state index contributed by atoms with van der Waals surface area (Å²) in [4.78, 5) is 13.7. The summed E-state index contributed by atoms with van der Waals surface area (Å²) in [7, 11) is 0. The number of Topliss-reactive ketones (excluding diaryl/α,β-unsaturated/α-hetero) is 1. The van der Waals surface area contributed by atoms with E-state index in [0.29, 0.717) is 5.56 Å². The monoisotopic (exact) mass is 260 g/mol. The number of ketones is 1. The summed E-state index contributed by atoms with van der Waals surface area (Å²) in [5.74, 6) is 0.293. The molecule has 3 rings (SSSR count). The van der Waals surface area contributed by atoms with Crippen LogP contribution in [0.25, 0.3) is 10.4 Å². The molecule has 0 radical (unpaired) electrons. The average molecular weight is 260 g/mol. The second kappa shape index (κ2) is 4.32. The Bertz CT molecular complexity index is 611. The van der Waals surface area contributed by atoms with Crippen molar-refractivity contribution in [1.29, 1.82) is 0 Å². The van der Waals surface area contributed by atoms with E-state index in [4.69, 9.17) is 0 Å². The molecule has 0 N–H and O–H groups in total. The fourth-order valence-electron chi connectivity index (χ4n) is 2.04. The van der Waals surface area contributed by atoms with Gasteiger partial charge in [0.2, 0.25) is 0 Å². The fraction of sp³-hybridized carbons (Fsp3) is 0.267. The quantitative estimate of drug-likeness (QED) is 0.745. The van der Waals surface area contributed by atoms with Crippen molar-refractivity contribution in [1.82, 2.24) is 0 Å². The number of hydrogen-bond acceptors (Lipinski definition) is 2. The van der Waals surface area contributed by atoms with Crippen molar-refractivity contribution in [2.45, 2.75) is 19.8 Å². The lowest BCUT2D eigenvalue weighted by Crippen LogP contribution is -1.96. The topological polar surface area (TPSA) is 17.1 Å². The fourth-order valence-corrected chi connectivity index (χ4v) is 3.14. The summed E-state index contributed by atoms with van der Waals surface area (Å²) in [6.45, 7) is 1.77. The van der Waals surface area contributed by atoms with Crippen LogP contribution in [0.15, 0.2) is 30.3 Å². The van der Waals surface area contributed by atoms with Crippen LogP contribution in [0.2, 0.25) is 0 Å². The molecule has 1 aromatic heterocycles. The zero-order valence-corrected chi connectivity index (χ0v) is 10.9. The minimum Gasteiger partial charge on any atom is -0.293 e. The lowest BCUT2D eigenvalue weighted by Gasteiger charge is -2.03. The summed E-state index contributed by atoms with van der Waals surface area (Å²) in [6, 6.07) is 8.85. The summed E-state index contributed by atoms with van der Waals surface area (Å²) >= 11 is 1.47. The van der Waals surface area contributed by atoms with E-state index in [1.807, 2.05) is 18.2 Å². The van der Waals surface area contributed by atoms with Crippen LogP contribution >= 0.6 is 11.3 Å². The molecule has 1 fully saturated rings. The molecule has 0 unspecified atom stereocenters. The highest BCUT2D eigenvalue weighted by Crippen LogP contribution is 2.37. The molecule has 18 heavy (non-hydrogen) atoms. The zero-order chi connectivity index (χ0) is 12.7. The van der Waals surface area contributed by atoms with E-state index in [-0.39, 0.29) is 17.5 Å². The second-order valence-electron chi connectivity index (χ2n) is 4.71. The van der Waals surface area contributed by atoms with Gasteiger partial charge in [-0.05, 0) is 49.1 Å². The van der Waals surface area contributed by atoms with Gasteiger partial charge < -0.3 is 0 Å². The van der Waals surface area contributed by atoms with Gasteiger partial charge in [-0.1, -0.05) is 12.1 Å². The molecule has 1 aliphatic carbocycles. The average Bonchev–Trinajstić information content (AvgIpc) is 3.10. The molecular formula is C15H13FOS. The minimum absolute atomic E-state index is 0.198. The van der Waals surface area contributed by atoms with Crippen LogP contribution in [-0.4, -0.2) is 5.78 Å². The van der Waals surface area contributed by atoms with Gasteiger partial charge in [0, 0.05) is 10.8 Å². The van der Waals surface area contributed by atoms with Gasteiger partial charge >= 0.3 is 0 Å². The number of halogens is 1. The van der Waals surface area contributed by atoms with Crippen LogP contribution < -0.4 is 0 Å². The first-order chi connectivity index (χ1) is 8.66. The van der Waals surface area contributed by atoms with E-state index in [0.717, 1.165) is 28.2 Å². The number of carbonyl (C=O) groups excluding carboxylic acids is 1. The summed E-state index contributed by atoms with van der Waals surface area (Å²) < 4.78 is 13.5. The van der Waals surface area contributed by atoms with Crippen molar-refractivity contribution < 1.29 is 9.18 Å². The number of hydrogen-bond donors (Lipinski definition) is 0. The van der Waals surface area contributed by atoms with E-state index in [2.05, 4.69) is 0 Å². The van der Waals surface area contributed by atoms with E-state index in [1.165, 1.54) is 17.4 Å². The Morgan fingerprint density at radius 2 is 2.06 bits per heavy atom. The van der Waals surface area contributed by atoms with E-state index in [9.17, 15) is 9.18 Å². The highest BCUT2D eigenvalue weighted by molar-refractivity contribution is 7.17. The van der Waals surface area contributed by atoms with Gasteiger partial charge in [-0.25, -0.2) is 4.39 Å². The third kappa shape index (κ3) is 1.99. The van der Waals surface area contributed by atoms with E-state index >= 15 is 0 Å². The van der Waals surface area contributed by atoms with Crippen molar-refractivity contribution in [2.24, 2.45) is 5.92 Å². The Balaban J connectivity index is 1.97. The Morgan fingerprint density at radius 3 is 2.78 bits per heavy atom. The molecule has 92 valence electrons. The maximum absolute atomic E-state index is 13.5. The van der Waals surface area contributed by atoms with Gasteiger partial charge in [0.1, 0.15) is 5.82 Å². The maximum Gasteiger partial charge on any atom is 0.175 e. The normalized spacial score (nSPS) is 14.8. The van der Waals surface area contributed by atoms with Crippen molar-refractivity contribution in [3.63, 3.8) is 0 Å². The number of carbonyl (C=O) groups is 1. The van der Waals surface area contributed by atoms with Gasteiger partial charge in [-0.2, -0.15) is 0 Å². The molecular weight excluding hydrogens is 247 g/mol. The lowest BCUT2D eigenvalue weighted by atomic mass is 10.1. The first-order valence-corrected chi connectivity index (χ1v) is 6.88. The maximum atomic E-state index is 13.5. The van der Waals surface area contributed by atoms with Crippen LogP contribution in [0.4, 0.5) is 4.39 Å². The Labute approximate surface area is 109 Å². The zero-order valence-electron chi connectivity index (χ0n) is 10.1. The van der Waals surface area contributed by atoms with Gasteiger partial charge in [-0.3, -0.25) is 4.79 Å². The molecule has 0 bridgehead atoms. The highest BCUT2D eigenvalue weighted by atomic mass is 32.1. The molecule has 1 aromatic carbocycles. The molecule has 3 heteroatoms. The molecule has 1 saturated carbocycles. The highest BCUT2D eigenvalue weighted by Gasteiger charge is 2.31. The smallest absolute Gasteiger partial charge is 0.175 e. The molecule has 1 aliphatic rings. The van der Waals surface area contributed by atoms with Crippen LogP contribution in [0.5, 0.6) is 0 Å². The van der Waals surface area contributed by atoms with Gasteiger partial charge in [0.25, 0.3) is 0 Å². The summed E-state index contributed by atoms with van der Waals surface area (Å²) in [5.41, 5.74) is 1.53. The van der Waals surface area contributed by atoms with Crippen LogP contribution in [0.1, 0.15) is 28.1 Å². The number of thiophene rings is 1. The molecule has 1 nitrogen and oxygen atoms in total. The first kappa shape index (κ1) is 11.6. The van der Waals surface area contributed by atoms with Crippen molar-refractivity contribution in [2.75, 3.05) is 0 Å². The number of rotatable bonds is 3.